The Kier molecular flexibility index (Phi) is 7.93. The molecule has 0 rings (SSSR count). The molecule has 0 aromatic carbocycles. The summed E-state index contributed by atoms with van der Waals surface area (Å²) in [6.07, 6.45) is -0.926. The number of hydrogen-bond donors (Lipinski definition) is 3. The van der Waals surface area contributed by atoms with E-state index < -0.39 is 23.1 Å². The van der Waals surface area contributed by atoms with Crippen LogP contribution in [-0.2, 0) is 14.4 Å². The quantitative estimate of drug-likeness (QED) is 0.245. The smallest absolute Gasteiger partial charge is 0.294 e. The minimum Gasteiger partial charge on any atom is -0.391 e. The summed E-state index contributed by atoms with van der Waals surface area (Å²) in [5, 5.41) is 20.3. The first kappa shape index (κ1) is 15.6. The Morgan fingerprint density at radius 2 is 2.18 bits per heavy atom. The minimum atomic E-state index is -0.979. The van der Waals surface area contributed by atoms with E-state index in [0.717, 1.165) is 0 Å². The van der Waals surface area contributed by atoms with Crippen molar-refractivity contribution in [2.24, 2.45) is 5.73 Å². The van der Waals surface area contributed by atoms with E-state index in [1.54, 1.807) is 0 Å². The third kappa shape index (κ3) is 8.37. The summed E-state index contributed by atoms with van der Waals surface area (Å²) in [6.45, 7) is 1.69. The second-order valence-corrected chi connectivity index (χ2v) is 3.23. The molecule has 9 nitrogen and oxygen atoms in total. The van der Waals surface area contributed by atoms with Crippen molar-refractivity contribution in [2.75, 3.05) is 26.4 Å². The van der Waals surface area contributed by atoms with E-state index in [4.69, 9.17) is 15.6 Å². The van der Waals surface area contributed by atoms with Crippen molar-refractivity contribution in [3.63, 3.8) is 0 Å². The Balaban J connectivity index is 3.39. The molecule has 0 aromatic rings. The van der Waals surface area contributed by atoms with E-state index in [1.165, 1.54) is 6.92 Å². The molecule has 0 aromatic heterocycles. The molecule has 0 bridgehead atoms. The average Bonchev–Trinajstić information content (AvgIpc) is 2.25. The van der Waals surface area contributed by atoms with E-state index in [2.05, 4.69) is 10.2 Å². The van der Waals surface area contributed by atoms with Gasteiger partial charge in [-0.15, -0.1) is 10.1 Å². The first-order valence-corrected chi connectivity index (χ1v) is 5.01. The van der Waals surface area contributed by atoms with Crippen LogP contribution in [0.1, 0.15) is 6.92 Å². The second kappa shape index (κ2) is 8.67. The summed E-state index contributed by atoms with van der Waals surface area (Å²) in [7, 11) is 0. The molecule has 2 unspecified atom stereocenters. The zero-order valence-corrected chi connectivity index (χ0v) is 9.50. The van der Waals surface area contributed by atoms with Crippen LogP contribution < -0.4 is 11.1 Å². The monoisotopic (exact) mass is 251 g/mol. The number of rotatable bonds is 9. The second-order valence-electron chi connectivity index (χ2n) is 3.23. The van der Waals surface area contributed by atoms with Gasteiger partial charge in [0.05, 0.1) is 19.3 Å². The molecule has 4 N–H and O–H groups in total. The van der Waals surface area contributed by atoms with Crippen LogP contribution in [0.15, 0.2) is 0 Å². The lowest BCUT2D eigenvalue weighted by molar-refractivity contribution is -0.758. The highest BCUT2D eigenvalue weighted by Gasteiger charge is 2.17. The highest BCUT2D eigenvalue weighted by Crippen LogP contribution is 1.87. The first-order valence-electron chi connectivity index (χ1n) is 5.01. The van der Waals surface area contributed by atoms with Gasteiger partial charge in [-0.05, 0) is 6.92 Å². The molecule has 0 saturated carbocycles. The molecule has 2 atom stereocenters. The molecule has 0 heterocycles. The summed E-state index contributed by atoms with van der Waals surface area (Å²) in [6, 6.07) is -0.979. The highest BCUT2D eigenvalue weighted by molar-refractivity contribution is 5.81. The van der Waals surface area contributed by atoms with Crippen molar-refractivity contribution in [2.45, 2.75) is 19.1 Å². The molecule has 1 amide bonds. The van der Waals surface area contributed by atoms with E-state index >= 15 is 0 Å². The van der Waals surface area contributed by atoms with Gasteiger partial charge >= 0.3 is 0 Å². The molecule has 0 aliphatic rings. The predicted molar refractivity (Wildman–Crippen MR) is 56.4 cm³/mol. The summed E-state index contributed by atoms with van der Waals surface area (Å²) < 4.78 is 4.93. The molecule has 17 heavy (non-hydrogen) atoms. The van der Waals surface area contributed by atoms with Crippen molar-refractivity contribution < 1.29 is 24.6 Å². The Bertz CT molecular complexity index is 247. The van der Waals surface area contributed by atoms with E-state index in [-0.39, 0.29) is 26.4 Å². The maximum absolute atomic E-state index is 11.2. The molecule has 0 spiro atoms. The van der Waals surface area contributed by atoms with Gasteiger partial charge in [-0.3, -0.25) is 4.79 Å². The highest BCUT2D eigenvalue weighted by atomic mass is 17.0. The fourth-order valence-corrected chi connectivity index (χ4v) is 0.856. The number of hydrogen-bond acceptors (Lipinski definition) is 7. The van der Waals surface area contributed by atoms with Crippen LogP contribution in [0, 0.1) is 10.1 Å². The first-order chi connectivity index (χ1) is 7.95. The van der Waals surface area contributed by atoms with E-state index in [1.807, 2.05) is 0 Å². The zero-order chi connectivity index (χ0) is 13.3. The molecular formula is C8H17N3O6. The number of amides is 1. The SMILES string of the molecule is CC(O)C(N)C(=O)NCCOCCO[N+](=O)[O-]. The Morgan fingerprint density at radius 3 is 2.71 bits per heavy atom. The van der Waals surface area contributed by atoms with Gasteiger partial charge in [0.25, 0.3) is 5.09 Å². The number of aliphatic hydroxyl groups is 1. The number of carbonyl (C=O) groups excluding carboxylic acids is 1. The zero-order valence-electron chi connectivity index (χ0n) is 9.50. The number of aliphatic hydroxyl groups excluding tert-OH is 1. The normalized spacial score (nSPS) is 13.8. The van der Waals surface area contributed by atoms with E-state index in [0.29, 0.717) is 0 Å². The van der Waals surface area contributed by atoms with Crippen LogP contribution in [-0.4, -0.2) is 54.6 Å². The molecule has 0 radical (unpaired) electrons. The maximum atomic E-state index is 11.2. The minimum absolute atomic E-state index is 0.0549. The lowest BCUT2D eigenvalue weighted by Crippen LogP contribution is -2.47. The van der Waals surface area contributed by atoms with Crippen LogP contribution in [0.5, 0.6) is 0 Å². The molecular weight excluding hydrogens is 234 g/mol. The van der Waals surface area contributed by atoms with Crippen LogP contribution in [0.4, 0.5) is 0 Å². The largest absolute Gasteiger partial charge is 0.391 e. The number of nitrogens with two attached hydrogens (primary N) is 1. The van der Waals surface area contributed by atoms with Crippen molar-refractivity contribution in [3.05, 3.63) is 10.1 Å². The third-order valence-electron chi connectivity index (χ3n) is 1.79. The van der Waals surface area contributed by atoms with Gasteiger partial charge in [-0.2, -0.15) is 0 Å². The molecule has 100 valence electrons. The number of nitrogens with one attached hydrogen (secondary N) is 1. The Labute approximate surface area is 98.0 Å². The van der Waals surface area contributed by atoms with Gasteiger partial charge < -0.3 is 25.7 Å². The van der Waals surface area contributed by atoms with Crippen LogP contribution >= 0.6 is 0 Å². The van der Waals surface area contributed by atoms with Gasteiger partial charge in [-0.1, -0.05) is 0 Å². The lowest BCUT2D eigenvalue weighted by Gasteiger charge is -2.14. The Morgan fingerprint density at radius 1 is 1.53 bits per heavy atom. The van der Waals surface area contributed by atoms with Gasteiger partial charge in [-0.25, -0.2) is 0 Å². The van der Waals surface area contributed by atoms with Crippen LogP contribution in [0.2, 0.25) is 0 Å². The fraction of sp³-hybridized carbons (Fsp3) is 0.875. The average molecular weight is 251 g/mol. The van der Waals surface area contributed by atoms with Crippen LogP contribution in [0.3, 0.4) is 0 Å². The molecule has 0 aliphatic carbocycles. The summed E-state index contributed by atoms with van der Waals surface area (Å²) in [5.41, 5.74) is 5.36. The molecule has 9 heteroatoms. The number of nitrogens with zero attached hydrogens (tertiary/aromatic N) is 1. The molecule has 0 fully saturated rings. The standard InChI is InChI=1S/C8H17N3O6/c1-6(12)7(9)8(13)10-2-3-16-4-5-17-11(14)15/h6-7,12H,2-5,9H2,1H3,(H,10,13). The predicted octanol–water partition coefficient (Wildman–Crippen LogP) is -1.96. The van der Waals surface area contributed by atoms with Crippen molar-refractivity contribution in [1.82, 2.24) is 5.32 Å². The van der Waals surface area contributed by atoms with Crippen molar-refractivity contribution in [1.29, 1.82) is 0 Å². The van der Waals surface area contributed by atoms with Crippen molar-refractivity contribution in [3.8, 4) is 0 Å². The maximum Gasteiger partial charge on any atom is 0.294 e. The Hall–Kier alpha value is -1.45. The lowest BCUT2D eigenvalue weighted by atomic mass is 10.2. The number of carbonyl (C=O) groups is 1. The van der Waals surface area contributed by atoms with Gasteiger partial charge in [0.2, 0.25) is 5.91 Å². The molecule has 0 saturated heterocycles. The molecule has 0 aliphatic heterocycles. The van der Waals surface area contributed by atoms with Gasteiger partial charge in [0.15, 0.2) is 0 Å². The summed E-state index contributed by atoms with van der Waals surface area (Å²) in [4.78, 5) is 24.9. The van der Waals surface area contributed by atoms with Gasteiger partial charge in [0.1, 0.15) is 12.6 Å². The van der Waals surface area contributed by atoms with Crippen molar-refractivity contribution >= 4 is 5.91 Å². The number of ether oxygens (including phenoxy) is 1. The fourth-order valence-electron chi connectivity index (χ4n) is 0.856. The summed E-state index contributed by atoms with van der Waals surface area (Å²) >= 11 is 0. The topological polar surface area (TPSA) is 137 Å². The van der Waals surface area contributed by atoms with Gasteiger partial charge in [0, 0.05) is 6.54 Å². The van der Waals surface area contributed by atoms with Crippen LogP contribution in [0.25, 0.3) is 0 Å². The summed E-state index contributed by atoms with van der Waals surface area (Å²) in [5.74, 6) is -0.481. The van der Waals surface area contributed by atoms with E-state index in [9.17, 15) is 14.9 Å². The third-order valence-corrected chi connectivity index (χ3v) is 1.79.